The summed E-state index contributed by atoms with van der Waals surface area (Å²) in [6.07, 6.45) is 0.550. The van der Waals surface area contributed by atoms with E-state index in [-0.39, 0.29) is 18.4 Å². The molecule has 3 N–H and O–H groups in total. The molecule has 0 amide bonds. The van der Waals surface area contributed by atoms with E-state index >= 15 is 0 Å². The average Bonchev–Trinajstić information content (AvgIpc) is 2.44. The third-order valence-electron chi connectivity index (χ3n) is 2.86. The summed E-state index contributed by atoms with van der Waals surface area (Å²) in [7, 11) is 0. The van der Waals surface area contributed by atoms with Crippen molar-refractivity contribution in [2.24, 2.45) is 0 Å². The van der Waals surface area contributed by atoms with Crippen molar-refractivity contribution in [1.82, 2.24) is 5.32 Å². The first-order valence-corrected chi connectivity index (χ1v) is 6.27. The van der Waals surface area contributed by atoms with Crippen molar-refractivity contribution in [3.05, 3.63) is 35.9 Å². The van der Waals surface area contributed by atoms with Crippen LogP contribution in [0.25, 0.3) is 0 Å². The van der Waals surface area contributed by atoms with Crippen LogP contribution in [-0.4, -0.2) is 34.1 Å². The predicted octanol–water partition coefficient (Wildman–Crippen LogP) is 1.21. The van der Waals surface area contributed by atoms with E-state index in [4.69, 9.17) is 17.0 Å². The Hall–Kier alpha value is -1.17. The quantitative estimate of drug-likeness (QED) is 0.678. The van der Waals surface area contributed by atoms with E-state index in [1.165, 1.54) is 0 Å². The van der Waals surface area contributed by atoms with Crippen LogP contribution in [-0.2, 0) is 11.3 Å². The van der Waals surface area contributed by atoms with Crippen LogP contribution in [0.3, 0.4) is 0 Å². The monoisotopic (exact) mass is 269 g/mol. The lowest BCUT2D eigenvalue weighted by Crippen LogP contribution is -2.53. The second kappa shape index (κ2) is 7.31. The normalized spacial score (nSPS) is 11.1. The third-order valence-corrected chi connectivity index (χ3v) is 3.08. The molecule has 0 aliphatic carbocycles. The molecule has 18 heavy (non-hydrogen) atoms. The molecule has 5 heteroatoms. The highest BCUT2D eigenvalue weighted by molar-refractivity contribution is 7.80. The Morgan fingerprint density at radius 1 is 1.28 bits per heavy atom. The maximum atomic E-state index is 9.27. The number of hydrogen-bond acceptors (Lipinski definition) is 4. The molecule has 0 aliphatic rings. The molecular formula is C13H19NO3S. The van der Waals surface area contributed by atoms with Gasteiger partial charge in [-0.1, -0.05) is 37.3 Å². The molecule has 0 radical (unpaired) electrons. The molecule has 1 rings (SSSR count). The Morgan fingerprint density at radius 3 is 2.39 bits per heavy atom. The van der Waals surface area contributed by atoms with Crippen molar-refractivity contribution < 1.29 is 14.9 Å². The molecule has 0 aromatic heterocycles. The van der Waals surface area contributed by atoms with Gasteiger partial charge in [0.25, 0.3) is 5.17 Å². The molecule has 0 saturated heterocycles. The minimum absolute atomic E-state index is 0.184. The molecule has 0 fully saturated rings. The maximum absolute atomic E-state index is 9.27. The molecule has 1 aromatic rings. The Bertz CT molecular complexity index is 357. The number of aliphatic hydroxyl groups is 2. The summed E-state index contributed by atoms with van der Waals surface area (Å²) in [5.74, 6) is 0. The highest BCUT2D eigenvalue weighted by atomic mass is 32.1. The topological polar surface area (TPSA) is 61.7 Å². The second-order valence-corrected chi connectivity index (χ2v) is 4.51. The van der Waals surface area contributed by atoms with Crippen molar-refractivity contribution >= 4 is 17.4 Å². The molecule has 0 aliphatic heterocycles. The maximum Gasteiger partial charge on any atom is 0.257 e. The molecule has 4 nitrogen and oxygen atoms in total. The Labute approximate surface area is 113 Å². The van der Waals surface area contributed by atoms with Gasteiger partial charge in [0.05, 0.1) is 18.8 Å². The first-order valence-electron chi connectivity index (χ1n) is 5.86. The van der Waals surface area contributed by atoms with E-state index < -0.39 is 5.54 Å². The molecule has 0 spiro atoms. The van der Waals surface area contributed by atoms with Crippen LogP contribution >= 0.6 is 12.2 Å². The van der Waals surface area contributed by atoms with E-state index in [2.05, 4.69) is 5.32 Å². The Balaban J connectivity index is 2.46. The van der Waals surface area contributed by atoms with Gasteiger partial charge in [0.2, 0.25) is 0 Å². The van der Waals surface area contributed by atoms with Crippen LogP contribution in [0, 0.1) is 0 Å². The second-order valence-electron chi connectivity index (χ2n) is 4.14. The molecule has 100 valence electrons. The minimum Gasteiger partial charge on any atom is -0.466 e. The highest BCUT2D eigenvalue weighted by Crippen LogP contribution is 2.09. The van der Waals surface area contributed by atoms with Gasteiger partial charge in [-0.2, -0.15) is 0 Å². The fourth-order valence-electron chi connectivity index (χ4n) is 1.42. The first-order chi connectivity index (χ1) is 8.65. The zero-order valence-corrected chi connectivity index (χ0v) is 11.2. The van der Waals surface area contributed by atoms with Gasteiger partial charge in [-0.15, -0.1) is 0 Å². The third kappa shape index (κ3) is 4.25. The van der Waals surface area contributed by atoms with Crippen LogP contribution in [0.15, 0.2) is 30.3 Å². The summed E-state index contributed by atoms with van der Waals surface area (Å²) in [6.45, 7) is 1.83. The van der Waals surface area contributed by atoms with Crippen LogP contribution in [0.4, 0.5) is 0 Å². The molecule has 1 aromatic carbocycles. The molecule has 0 saturated carbocycles. The van der Waals surface area contributed by atoms with E-state index in [0.29, 0.717) is 13.0 Å². The number of aliphatic hydroxyl groups excluding tert-OH is 2. The van der Waals surface area contributed by atoms with Gasteiger partial charge in [-0.3, -0.25) is 0 Å². The largest absolute Gasteiger partial charge is 0.466 e. The lowest BCUT2D eigenvalue weighted by atomic mass is 9.99. The van der Waals surface area contributed by atoms with Crippen molar-refractivity contribution in [2.75, 3.05) is 13.2 Å². The van der Waals surface area contributed by atoms with Crippen molar-refractivity contribution in [3.63, 3.8) is 0 Å². The Morgan fingerprint density at radius 2 is 1.89 bits per heavy atom. The summed E-state index contributed by atoms with van der Waals surface area (Å²) >= 11 is 5.04. The fraction of sp³-hybridized carbons (Fsp3) is 0.462. The summed E-state index contributed by atoms with van der Waals surface area (Å²) in [4.78, 5) is 0. The minimum atomic E-state index is -0.812. The van der Waals surface area contributed by atoms with Crippen LogP contribution in [0.5, 0.6) is 0 Å². The zero-order valence-electron chi connectivity index (χ0n) is 10.4. The van der Waals surface area contributed by atoms with Crippen LogP contribution in [0.1, 0.15) is 18.9 Å². The summed E-state index contributed by atoms with van der Waals surface area (Å²) < 4.78 is 5.39. The van der Waals surface area contributed by atoms with E-state index in [1.807, 2.05) is 37.3 Å². The number of benzene rings is 1. The van der Waals surface area contributed by atoms with Crippen molar-refractivity contribution in [2.45, 2.75) is 25.5 Å². The summed E-state index contributed by atoms with van der Waals surface area (Å²) in [5.41, 5.74) is 0.199. The lowest BCUT2D eigenvalue weighted by Gasteiger charge is -2.30. The Kier molecular flexibility index (Phi) is 6.04. The number of thiocarbonyl (C=S) groups is 1. The summed E-state index contributed by atoms with van der Waals surface area (Å²) in [5, 5.41) is 21.6. The zero-order chi connectivity index (χ0) is 13.4. The highest BCUT2D eigenvalue weighted by Gasteiger charge is 2.27. The van der Waals surface area contributed by atoms with Crippen LogP contribution in [0.2, 0.25) is 0 Å². The lowest BCUT2D eigenvalue weighted by molar-refractivity contribution is 0.0959. The number of nitrogens with one attached hydrogen (secondary N) is 1. The van der Waals surface area contributed by atoms with Crippen molar-refractivity contribution in [1.29, 1.82) is 0 Å². The average molecular weight is 269 g/mol. The van der Waals surface area contributed by atoms with Crippen molar-refractivity contribution in [3.8, 4) is 0 Å². The number of rotatable bonds is 6. The van der Waals surface area contributed by atoms with E-state index in [0.717, 1.165) is 5.56 Å². The molecule has 0 unspecified atom stereocenters. The van der Waals surface area contributed by atoms with Gasteiger partial charge in [-0.25, -0.2) is 0 Å². The smallest absolute Gasteiger partial charge is 0.257 e. The predicted molar refractivity (Wildman–Crippen MR) is 74.2 cm³/mol. The van der Waals surface area contributed by atoms with Gasteiger partial charge < -0.3 is 20.3 Å². The van der Waals surface area contributed by atoms with E-state index in [1.54, 1.807) is 0 Å². The van der Waals surface area contributed by atoms with Gasteiger partial charge in [-0.05, 0) is 24.2 Å². The summed E-state index contributed by atoms with van der Waals surface area (Å²) in [6, 6.07) is 9.65. The molecule has 0 bridgehead atoms. The molecular weight excluding hydrogens is 250 g/mol. The number of ether oxygens (including phenoxy) is 1. The van der Waals surface area contributed by atoms with Gasteiger partial charge in [0.1, 0.15) is 6.61 Å². The standard InChI is InChI=1S/C13H19NO3S/c1-2-13(9-15,10-16)14-12(18)17-8-11-6-4-3-5-7-11/h3-7,15-16H,2,8-10H2,1H3,(H,14,18). The first kappa shape index (κ1) is 14.9. The molecule has 0 heterocycles. The van der Waals surface area contributed by atoms with Crippen LogP contribution < -0.4 is 5.32 Å². The van der Waals surface area contributed by atoms with Gasteiger partial charge >= 0.3 is 0 Å². The fourth-order valence-corrected chi connectivity index (χ4v) is 1.69. The van der Waals surface area contributed by atoms with E-state index in [9.17, 15) is 10.2 Å². The van der Waals surface area contributed by atoms with Gasteiger partial charge in [0.15, 0.2) is 0 Å². The number of hydrogen-bond donors (Lipinski definition) is 3. The molecule has 0 atom stereocenters. The van der Waals surface area contributed by atoms with Gasteiger partial charge in [0, 0.05) is 0 Å². The SMILES string of the molecule is CCC(CO)(CO)NC(=S)OCc1ccccc1.